The molecule has 0 amide bonds. The van der Waals surface area contributed by atoms with Crippen molar-refractivity contribution in [1.82, 2.24) is 0 Å². The Bertz CT molecular complexity index is 797. The number of ether oxygens (including phenoxy) is 2. The molecule has 8 heteroatoms. The van der Waals surface area contributed by atoms with Crippen LogP contribution in [0.2, 0.25) is 20.1 Å². The lowest BCUT2D eigenvalue weighted by atomic mass is 10.2. The van der Waals surface area contributed by atoms with Crippen LogP contribution in [0.3, 0.4) is 0 Å². The lowest BCUT2D eigenvalue weighted by Gasteiger charge is -2.09. The van der Waals surface area contributed by atoms with Gasteiger partial charge in [-0.25, -0.2) is 0 Å². The summed E-state index contributed by atoms with van der Waals surface area (Å²) in [6.45, 7) is 1.86. The number of rotatable bonds is 5. The van der Waals surface area contributed by atoms with Crippen molar-refractivity contribution in [1.29, 1.82) is 0 Å². The van der Waals surface area contributed by atoms with E-state index in [1.165, 1.54) is 12.1 Å². The van der Waals surface area contributed by atoms with Gasteiger partial charge in [-0.05, 0) is 36.8 Å². The molecule has 4 nitrogen and oxygen atoms in total. The van der Waals surface area contributed by atoms with Gasteiger partial charge >= 0.3 is 11.9 Å². The third-order valence-electron chi connectivity index (χ3n) is 3.02. The van der Waals surface area contributed by atoms with E-state index in [1.807, 2.05) is 6.92 Å². The lowest BCUT2D eigenvalue weighted by Crippen LogP contribution is -2.14. The van der Waals surface area contributed by atoms with Gasteiger partial charge in [0.25, 0.3) is 0 Å². The van der Waals surface area contributed by atoms with Gasteiger partial charge in [0, 0.05) is 5.02 Å². The Morgan fingerprint density at radius 1 is 0.840 bits per heavy atom. The summed E-state index contributed by atoms with van der Waals surface area (Å²) in [6.07, 6.45) is -0.399. The molecule has 132 valence electrons. The highest BCUT2D eigenvalue weighted by Gasteiger charge is 2.16. The van der Waals surface area contributed by atoms with Crippen molar-refractivity contribution in [2.75, 3.05) is 0 Å². The maximum Gasteiger partial charge on any atom is 0.311 e. The molecule has 0 N–H and O–H groups in total. The number of aryl methyl sites for hydroxylation is 1. The van der Waals surface area contributed by atoms with Crippen LogP contribution in [0.15, 0.2) is 30.3 Å². The number of carbonyl (C=O) groups excluding carboxylic acids is 2. The Morgan fingerprint density at radius 2 is 1.40 bits per heavy atom. The summed E-state index contributed by atoms with van der Waals surface area (Å²) < 4.78 is 10.2. The average molecular weight is 422 g/mol. The summed E-state index contributed by atoms with van der Waals surface area (Å²) in [7, 11) is 0. The van der Waals surface area contributed by atoms with Crippen LogP contribution in [0.5, 0.6) is 11.5 Å². The summed E-state index contributed by atoms with van der Waals surface area (Å²) in [5.74, 6) is -1.07. The molecule has 0 aliphatic heterocycles. The van der Waals surface area contributed by atoms with E-state index in [-0.39, 0.29) is 34.4 Å². The molecule has 2 aromatic carbocycles. The van der Waals surface area contributed by atoms with Crippen LogP contribution < -0.4 is 9.47 Å². The summed E-state index contributed by atoms with van der Waals surface area (Å²) in [5, 5.41) is 0.823. The molecule has 0 radical (unpaired) electrons. The molecule has 0 saturated heterocycles. The van der Waals surface area contributed by atoms with E-state index in [2.05, 4.69) is 0 Å². The van der Waals surface area contributed by atoms with Crippen LogP contribution in [-0.2, 0) is 9.59 Å². The second-order valence-electron chi connectivity index (χ2n) is 5.08. The first-order chi connectivity index (χ1) is 11.8. The van der Waals surface area contributed by atoms with Gasteiger partial charge in [0.1, 0.15) is 5.75 Å². The van der Waals surface area contributed by atoms with Crippen LogP contribution in [0.25, 0.3) is 0 Å². The predicted octanol–water partition coefficient (Wildman–Crippen LogP) is 5.90. The number of benzene rings is 2. The van der Waals surface area contributed by atoms with Gasteiger partial charge < -0.3 is 9.47 Å². The van der Waals surface area contributed by atoms with Gasteiger partial charge in [-0.15, -0.1) is 0 Å². The van der Waals surface area contributed by atoms with Crippen molar-refractivity contribution in [3.05, 3.63) is 56.0 Å². The van der Waals surface area contributed by atoms with Gasteiger partial charge in [0.15, 0.2) is 5.75 Å². The number of halogens is 4. The first kappa shape index (κ1) is 19.9. The lowest BCUT2D eigenvalue weighted by molar-refractivity contribution is -0.140. The summed E-state index contributed by atoms with van der Waals surface area (Å²) in [4.78, 5) is 23.7. The van der Waals surface area contributed by atoms with Crippen molar-refractivity contribution in [3.63, 3.8) is 0 Å². The summed E-state index contributed by atoms with van der Waals surface area (Å²) >= 11 is 23.6. The second-order valence-corrected chi connectivity index (χ2v) is 6.74. The highest BCUT2D eigenvalue weighted by Crippen LogP contribution is 2.36. The SMILES string of the molecule is Cc1ccc(OC(=O)CCC(=O)Oc2c(Cl)cc(Cl)cc2Cl)c(Cl)c1. The zero-order valence-electron chi connectivity index (χ0n) is 12.9. The Morgan fingerprint density at radius 3 is 1.96 bits per heavy atom. The van der Waals surface area contributed by atoms with E-state index >= 15 is 0 Å². The summed E-state index contributed by atoms with van der Waals surface area (Å²) in [5.41, 5.74) is 0.935. The Hall–Kier alpha value is -1.46. The van der Waals surface area contributed by atoms with Crippen LogP contribution in [0, 0.1) is 6.92 Å². The topological polar surface area (TPSA) is 52.6 Å². The zero-order valence-corrected chi connectivity index (χ0v) is 16.0. The van der Waals surface area contributed by atoms with Crippen LogP contribution in [0.4, 0.5) is 0 Å². The van der Waals surface area contributed by atoms with Crippen molar-refractivity contribution in [2.45, 2.75) is 19.8 Å². The van der Waals surface area contributed by atoms with Crippen LogP contribution in [-0.4, -0.2) is 11.9 Å². The molecule has 0 aliphatic rings. The maximum atomic E-state index is 11.9. The minimum Gasteiger partial charge on any atom is -0.425 e. The largest absolute Gasteiger partial charge is 0.425 e. The highest BCUT2D eigenvalue weighted by molar-refractivity contribution is 6.40. The zero-order chi connectivity index (χ0) is 18.6. The fraction of sp³-hybridized carbons (Fsp3) is 0.176. The van der Waals surface area contributed by atoms with E-state index in [4.69, 9.17) is 55.9 Å². The smallest absolute Gasteiger partial charge is 0.311 e. The third kappa shape index (κ3) is 5.79. The quantitative estimate of drug-likeness (QED) is 0.445. The first-order valence-corrected chi connectivity index (χ1v) is 8.59. The molecule has 0 saturated carbocycles. The molecule has 0 fully saturated rings. The van der Waals surface area contributed by atoms with Gasteiger partial charge in [-0.2, -0.15) is 0 Å². The van der Waals surface area contributed by atoms with E-state index < -0.39 is 11.9 Å². The van der Waals surface area contributed by atoms with Gasteiger partial charge in [-0.1, -0.05) is 52.5 Å². The molecule has 0 aliphatic carbocycles. The van der Waals surface area contributed by atoms with E-state index in [0.717, 1.165) is 5.56 Å². The third-order valence-corrected chi connectivity index (χ3v) is 4.10. The number of carbonyl (C=O) groups is 2. The van der Waals surface area contributed by atoms with Crippen LogP contribution in [0.1, 0.15) is 18.4 Å². The van der Waals surface area contributed by atoms with Gasteiger partial charge in [-0.3, -0.25) is 9.59 Å². The Kier molecular flexibility index (Phi) is 6.96. The van der Waals surface area contributed by atoms with Crippen molar-refractivity contribution in [3.8, 4) is 11.5 Å². The average Bonchev–Trinajstić information content (AvgIpc) is 2.51. The Labute approximate surface area is 164 Å². The Balaban J connectivity index is 1.90. The molecule has 0 aromatic heterocycles. The molecule has 2 aromatic rings. The normalized spacial score (nSPS) is 10.4. The van der Waals surface area contributed by atoms with Crippen LogP contribution >= 0.6 is 46.4 Å². The minimum absolute atomic E-state index is 0.00678. The highest BCUT2D eigenvalue weighted by atomic mass is 35.5. The van der Waals surface area contributed by atoms with E-state index in [9.17, 15) is 9.59 Å². The summed E-state index contributed by atoms with van der Waals surface area (Å²) in [6, 6.07) is 7.80. The van der Waals surface area contributed by atoms with Crippen molar-refractivity contribution < 1.29 is 19.1 Å². The maximum absolute atomic E-state index is 11.9. The number of hydrogen-bond acceptors (Lipinski definition) is 4. The molecule has 0 bridgehead atoms. The minimum atomic E-state index is -0.682. The van der Waals surface area contributed by atoms with Gasteiger partial charge in [0.05, 0.1) is 27.9 Å². The molecule has 0 unspecified atom stereocenters. The molecule has 0 atom stereocenters. The molecule has 0 spiro atoms. The standard InChI is InChI=1S/C17H12Cl4O4/c1-9-2-3-14(11(19)6-9)24-15(22)4-5-16(23)25-17-12(20)7-10(18)8-13(17)21/h2-3,6-8H,4-5H2,1H3. The molecule has 2 rings (SSSR count). The molecular formula is C17H12Cl4O4. The molecular weight excluding hydrogens is 410 g/mol. The fourth-order valence-corrected chi connectivity index (χ4v) is 3.03. The van der Waals surface area contributed by atoms with E-state index in [1.54, 1.807) is 18.2 Å². The number of esters is 2. The first-order valence-electron chi connectivity index (χ1n) is 7.08. The van der Waals surface area contributed by atoms with Crippen molar-refractivity contribution in [2.24, 2.45) is 0 Å². The van der Waals surface area contributed by atoms with Crippen molar-refractivity contribution >= 4 is 58.3 Å². The molecule has 0 heterocycles. The van der Waals surface area contributed by atoms with E-state index in [0.29, 0.717) is 10.0 Å². The number of hydrogen-bond donors (Lipinski definition) is 0. The fourth-order valence-electron chi connectivity index (χ4n) is 1.86. The molecule has 25 heavy (non-hydrogen) atoms. The van der Waals surface area contributed by atoms with Gasteiger partial charge in [0.2, 0.25) is 0 Å². The monoisotopic (exact) mass is 420 g/mol. The second kappa shape index (κ2) is 8.77. The predicted molar refractivity (Wildman–Crippen MR) is 98.2 cm³/mol.